The number of imidazole rings is 1. The first kappa shape index (κ1) is 18.8. The summed E-state index contributed by atoms with van der Waals surface area (Å²) in [7, 11) is 0. The summed E-state index contributed by atoms with van der Waals surface area (Å²) in [6.07, 6.45) is 9.40. The van der Waals surface area contributed by atoms with Crippen molar-refractivity contribution < 1.29 is 0 Å². The van der Waals surface area contributed by atoms with Crippen LogP contribution in [0.3, 0.4) is 0 Å². The van der Waals surface area contributed by atoms with Gasteiger partial charge in [-0.05, 0) is 61.2 Å². The highest BCUT2D eigenvalue weighted by Crippen LogP contribution is 2.46. The van der Waals surface area contributed by atoms with E-state index in [1.807, 2.05) is 41.5 Å². The lowest BCUT2D eigenvalue weighted by Gasteiger charge is -2.41. The molecule has 1 aliphatic carbocycles. The number of rotatable bonds is 7. The first-order chi connectivity index (χ1) is 13.6. The van der Waals surface area contributed by atoms with E-state index in [1.54, 1.807) is 0 Å². The van der Waals surface area contributed by atoms with Gasteiger partial charge in [0.1, 0.15) is 5.82 Å². The highest BCUT2D eigenvalue weighted by molar-refractivity contribution is 6.31. The Morgan fingerprint density at radius 3 is 2.86 bits per heavy atom. The number of benzene rings is 1. The summed E-state index contributed by atoms with van der Waals surface area (Å²) >= 11 is 6.22. The van der Waals surface area contributed by atoms with Crippen molar-refractivity contribution in [2.24, 2.45) is 0 Å². The third-order valence-electron chi connectivity index (χ3n) is 5.75. The average molecular weight is 396 g/mol. The average Bonchev–Trinajstić information content (AvgIpc) is 3.01. The third kappa shape index (κ3) is 3.24. The smallest absolute Gasteiger partial charge is 0.148 e. The van der Waals surface area contributed by atoms with Crippen molar-refractivity contribution >= 4 is 28.3 Å². The van der Waals surface area contributed by atoms with E-state index in [2.05, 4.69) is 41.8 Å². The van der Waals surface area contributed by atoms with Crippen LogP contribution in [0.15, 0.2) is 49.4 Å². The monoisotopic (exact) mass is 395 g/mol. The van der Waals surface area contributed by atoms with Crippen LogP contribution >= 0.6 is 11.6 Å². The van der Waals surface area contributed by atoms with E-state index in [0.29, 0.717) is 11.6 Å². The molecule has 1 aromatic carbocycles. The van der Waals surface area contributed by atoms with Crippen LogP contribution in [0.2, 0.25) is 5.02 Å². The summed E-state index contributed by atoms with van der Waals surface area (Å²) in [5, 5.41) is 0.700. The van der Waals surface area contributed by atoms with Crippen LogP contribution < -0.4 is 10.3 Å². The van der Waals surface area contributed by atoms with Crippen molar-refractivity contribution in [3.63, 3.8) is 0 Å². The predicted molar refractivity (Wildman–Crippen MR) is 116 cm³/mol. The summed E-state index contributed by atoms with van der Waals surface area (Å²) < 4.78 is 2.03. The Hall–Kier alpha value is -2.53. The molecule has 0 radical (unpaired) electrons. The molecule has 1 saturated carbocycles. The van der Waals surface area contributed by atoms with E-state index in [1.165, 1.54) is 24.8 Å². The maximum atomic E-state index is 6.22. The zero-order valence-electron chi connectivity index (χ0n) is 16.5. The lowest BCUT2D eigenvalue weighted by atomic mass is 9.66. The van der Waals surface area contributed by atoms with Gasteiger partial charge in [0.2, 0.25) is 0 Å². The molecule has 4 rings (SSSR count). The zero-order valence-corrected chi connectivity index (χ0v) is 17.2. The van der Waals surface area contributed by atoms with Gasteiger partial charge in [-0.1, -0.05) is 31.5 Å². The fraction of sp³-hybridized carbons (Fsp3) is 0.364. The molecular weight excluding hydrogens is 370 g/mol. The quantitative estimate of drug-likeness (QED) is 0.594. The molecule has 0 saturated heterocycles. The summed E-state index contributed by atoms with van der Waals surface area (Å²) in [6, 6.07) is 7.92. The van der Waals surface area contributed by atoms with Gasteiger partial charge in [-0.2, -0.15) is 0 Å². The molecule has 5 nitrogen and oxygen atoms in total. The molecule has 6 heteroatoms. The van der Waals surface area contributed by atoms with Crippen LogP contribution in [0.5, 0.6) is 0 Å². The van der Waals surface area contributed by atoms with Crippen molar-refractivity contribution in [3.8, 4) is 0 Å². The molecule has 0 bridgehead atoms. The lowest BCUT2D eigenvalue weighted by molar-refractivity contribution is 0.272. The lowest BCUT2D eigenvalue weighted by Crippen LogP contribution is -2.33. The van der Waals surface area contributed by atoms with Gasteiger partial charge >= 0.3 is 0 Å². The molecule has 0 aliphatic heterocycles. The minimum atomic E-state index is 0.217. The second-order valence-corrected chi connectivity index (χ2v) is 8.06. The number of pyridine rings is 1. The summed E-state index contributed by atoms with van der Waals surface area (Å²) in [5.74, 6) is 0.910. The molecule has 1 fully saturated rings. The number of hydrogen-bond donors (Lipinski definition) is 1. The Labute approximate surface area is 171 Å². The second kappa shape index (κ2) is 7.47. The van der Waals surface area contributed by atoms with Crippen LogP contribution in [0, 0.1) is 0 Å². The molecule has 0 atom stereocenters. The van der Waals surface area contributed by atoms with Gasteiger partial charge in [-0.3, -0.25) is 4.98 Å². The number of hydrogen-bond acceptors (Lipinski definition) is 4. The summed E-state index contributed by atoms with van der Waals surface area (Å²) in [5.41, 5.74) is 7.95. The van der Waals surface area contributed by atoms with Gasteiger partial charge in [0.15, 0.2) is 0 Å². The van der Waals surface area contributed by atoms with Crippen molar-refractivity contribution in [2.75, 3.05) is 16.9 Å². The maximum absolute atomic E-state index is 6.22. The van der Waals surface area contributed by atoms with Crippen molar-refractivity contribution in [3.05, 3.63) is 65.8 Å². The van der Waals surface area contributed by atoms with Crippen molar-refractivity contribution in [1.82, 2.24) is 14.6 Å². The number of nitrogens with one attached hydrogen (secondary N) is 1. The van der Waals surface area contributed by atoms with E-state index in [-0.39, 0.29) is 5.41 Å². The highest BCUT2D eigenvalue weighted by atomic mass is 35.5. The first-order valence-corrected chi connectivity index (χ1v) is 10.2. The SMILES string of the molecule is C=CN(Cc1nc2ccc(Cl)cc2n1NCC)c1cnccc1C1(C)CCC1. The minimum Gasteiger partial charge on any atom is -0.339 e. The predicted octanol–water partition coefficient (Wildman–Crippen LogP) is 5.24. The molecular formula is C22H26ClN5. The summed E-state index contributed by atoms with van der Waals surface area (Å²) in [4.78, 5) is 11.4. The van der Waals surface area contributed by atoms with Crippen molar-refractivity contribution in [1.29, 1.82) is 0 Å². The largest absolute Gasteiger partial charge is 0.339 e. The van der Waals surface area contributed by atoms with Crippen LogP contribution in [-0.2, 0) is 12.0 Å². The maximum Gasteiger partial charge on any atom is 0.148 e. The molecule has 1 aliphatic rings. The normalized spacial score (nSPS) is 15.2. The molecule has 2 heterocycles. The van der Waals surface area contributed by atoms with Crippen LogP contribution in [0.4, 0.5) is 5.69 Å². The van der Waals surface area contributed by atoms with E-state index in [0.717, 1.165) is 29.1 Å². The highest BCUT2D eigenvalue weighted by Gasteiger charge is 2.36. The van der Waals surface area contributed by atoms with E-state index in [4.69, 9.17) is 16.6 Å². The van der Waals surface area contributed by atoms with Crippen LogP contribution in [0.1, 0.15) is 44.5 Å². The Morgan fingerprint density at radius 1 is 1.36 bits per heavy atom. The molecule has 0 amide bonds. The Balaban J connectivity index is 1.74. The fourth-order valence-electron chi connectivity index (χ4n) is 4.04. The Bertz CT molecular complexity index is 1010. The molecule has 146 valence electrons. The topological polar surface area (TPSA) is 46.0 Å². The molecule has 1 N–H and O–H groups in total. The van der Waals surface area contributed by atoms with Gasteiger partial charge in [0.05, 0.1) is 29.5 Å². The van der Waals surface area contributed by atoms with E-state index >= 15 is 0 Å². The van der Waals surface area contributed by atoms with Gasteiger partial charge in [-0.25, -0.2) is 9.66 Å². The van der Waals surface area contributed by atoms with Crippen LogP contribution in [-0.4, -0.2) is 21.2 Å². The van der Waals surface area contributed by atoms with Gasteiger partial charge in [0, 0.05) is 17.8 Å². The molecule has 0 unspecified atom stereocenters. The fourth-order valence-corrected chi connectivity index (χ4v) is 4.21. The van der Waals surface area contributed by atoms with Crippen molar-refractivity contribution in [2.45, 2.75) is 45.1 Å². The first-order valence-electron chi connectivity index (χ1n) is 9.80. The van der Waals surface area contributed by atoms with Crippen LogP contribution in [0.25, 0.3) is 11.0 Å². The molecule has 0 spiro atoms. The molecule has 28 heavy (non-hydrogen) atoms. The number of fused-ring (bicyclic) bond motifs is 1. The van der Waals surface area contributed by atoms with E-state index in [9.17, 15) is 0 Å². The Kier molecular flexibility index (Phi) is 5.02. The minimum absolute atomic E-state index is 0.217. The summed E-state index contributed by atoms with van der Waals surface area (Å²) in [6.45, 7) is 9.86. The van der Waals surface area contributed by atoms with E-state index < -0.39 is 0 Å². The van der Waals surface area contributed by atoms with Gasteiger partial charge < -0.3 is 10.3 Å². The zero-order chi connectivity index (χ0) is 19.7. The number of halogens is 1. The van der Waals surface area contributed by atoms with Gasteiger partial charge in [0.25, 0.3) is 0 Å². The number of anilines is 1. The number of nitrogens with zero attached hydrogens (tertiary/aromatic N) is 4. The second-order valence-electron chi connectivity index (χ2n) is 7.63. The standard InChI is InChI=1S/C22H26ClN5/c1-4-25-28-19-13-16(23)7-8-18(19)26-21(28)15-27(5-2)20-14-24-12-9-17(20)22(3)10-6-11-22/h5,7-9,12-14,25H,2,4,6,10-11,15H2,1,3H3. The third-order valence-corrected chi connectivity index (χ3v) is 5.99. The van der Waals surface area contributed by atoms with Gasteiger partial charge in [-0.15, -0.1) is 0 Å². The molecule has 2 aromatic heterocycles. The Morgan fingerprint density at radius 2 is 2.18 bits per heavy atom. The molecule has 3 aromatic rings. The number of aromatic nitrogens is 3.